The van der Waals surface area contributed by atoms with Crippen molar-refractivity contribution in [3.8, 4) is 17.3 Å². The Labute approximate surface area is 217 Å². The predicted octanol–water partition coefficient (Wildman–Crippen LogP) is 3.67. The number of halogens is 2. The van der Waals surface area contributed by atoms with E-state index in [2.05, 4.69) is 36.0 Å². The van der Waals surface area contributed by atoms with Gasteiger partial charge < -0.3 is 9.88 Å². The molecule has 1 N–H and O–H groups in total. The second-order valence-electron chi connectivity index (χ2n) is 9.19. The fraction of sp³-hybridized carbons (Fsp3) is 0.385. The van der Waals surface area contributed by atoms with Gasteiger partial charge in [0.2, 0.25) is 0 Å². The van der Waals surface area contributed by atoms with Crippen LogP contribution in [-0.4, -0.2) is 77.6 Å². The first-order valence-corrected chi connectivity index (χ1v) is 12.5. The minimum Gasteiger partial charge on any atom is -0.346 e. The second kappa shape index (κ2) is 11.4. The van der Waals surface area contributed by atoms with Crippen molar-refractivity contribution in [2.24, 2.45) is 0 Å². The number of aromatic nitrogens is 6. The molecule has 5 rings (SSSR count). The van der Waals surface area contributed by atoms with E-state index in [1.54, 1.807) is 11.1 Å². The number of carbonyl (C=O) groups is 1. The lowest BCUT2D eigenvalue weighted by atomic mass is 10.1. The Morgan fingerprint density at radius 3 is 2.79 bits per heavy atom. The number of piperazine rings is 1. The number of fused-ring (bicyclic) bond motifs is 1. The maximum atomic E-state index is 13.0. The summed E-state index contributed by atoms with van der Waals surface area (Å²) in [4.78, 5) is 32.5. The molecule has 5 heterocycles. The zero-order valence-corrected chi connectivity index (χ0v) is 20.7. The molecular formula is C26H27F2N9O. The first-order chi connectivity index (χ1) is 18.5. The highest BCUT2D eigenvalue weighted by molar-refractivity contribution is 5.92. The molecule has 0 unspecified atom stereocenters. The number of aromatic amines is 1. The fourth-order valence-electron chi connectivity index (χ4n) is 4.85. The number of rotatable bonds is 9. The summed E-state index contributed by atoms with van der Waals surface area (Å²) in [6, 6.07) is 8.39. The Bertz CT molecular complexity index is 1440. The lowest BCUT2D eigenvalue weighted by Crippen LogP contribution is -2.53. The first kappa shape index (κ1) is 25.4. The Morgan fingerprint density at radius 1 is 1.16 bits per heavy atom. The molecule has 4 aromatic rings. The molecule has 1 fully saturated rings. The van der Waals surface area contributed by atoms with E-state index in [4.69, 9.17) is 5.26 Å². The summed E-state index contributed by atoms with van der Waals surface area (Å²) in [5.74, 6) is -0.342. The number of nitrogens with one attached hydrogen (secondary N) is 1. The van der Waals surface area contributed by atoms with Crippen molar-refractivity contribution >= 4 is 16.9 Å². The highest BCUT2D eigenvalue weighted by atomic mass is 19.3. The topological polar surface area (TPSA) is 120 Å². The first-order valence-electron chi connectivity index (χ1n) is 12.5. The molecule has 196 valence electrons. The third-order valence-electron chi connectivity index (χ3n) is 6.82. The predicted molar refractivity (Wildman–Crippen MR) is 135 cm³/mol. The third kappa shape index (κ3) is 5.52. The zero-order valence-electron chi connectivity index (χ0n) is 20.7. The van der Waals surface area contributed by atoms with Crippen LogP contribution < -0.4 is 0 Å². The Balaban J connectivity index is 1.26. The van der Waals surface area contributed by atoms with Crippen LogP contribution in [-0.2, 0) is 6.54 Å². The number of nitriles is 1. The van der Waals surface area contributed by atoms with Gasteiger partial charge in [-0.3, -0.25) is 14.4 Å². The van der Waals surface area contributed by atoms with Gasteiger partial charge in [-0.05, 0) is 31.0 Å². The lowest BCUT2D eigenvalue weighted by Gasteiger charge is -2.39. The van der Waals surface area contributed by atoms with E-state index in [0.717, 1.165) is 35.1 Å². The van der Waals surface area contributed by atoms with Crippen LogP contribution in [0.25, 0.3) is 22.3 Å². The van der Waals surface area contributed by atoms with Crippen LogP contribution in [0.2, 0.25) is 0 Å². The fourth-order valence-corrected chi connectivity index (χ4v) is 4.85. The quantitative estimate of drug-likeness (QED) is 0.335. The average molecular weight is 520 g/mol. The van der Waals surface area contributed by atoms with Crippen molar-refractivity contribution in [1.82, 2.24) is 39.5 Å². The van der Waals surface area contributed by atoms with E-state index in [1.807, 2.05) is 23.1 Å². The maximum absolute atomic E-state index is 13.0. The average Bonchev–Trinajstić information content (AvgIpc) is 3.62. The summed E-state index contributed by atoms with van der Waals surface area (Å²) in [7, 11) is 0. The van der Waals surface area contributed by atoms with Crippen LogP contribution in [0.3, 0.4) is 0 Å². The normalized spacial score (nSPS) is 15.2. The van der Waals surface area contributed by atoms with Crippen molar-refractivity contribution in [1.29, 1.82) is 5.26 Å². The smallest absolute Gasteiger partial charge is 0.280 e. The summed E-state index contributed by atoms with van der Waals surface area (Å²) in [6.45, 7) is 2.80. The summed E-state index contributed by atoms with van der Waals surface area (Å²) >= 11 is 0. The molecule has 38 heavy (non-hydrogen) atoms. The van der Waals surface area contributed by atoms with Gasteiger partial charge >= 0.3 is 0 Å². The number of amides is 1. The molecular weight excluding hydrogens is 492 g/mol. The molecule has 1 atom stereocenters. The van der Waals surface area contributed by atoms with Gasteiger partial charge in [0.05, 0.1) is 24.5 Å². The van der Waals surface area contributed by atoms with Gasteiger partial charge in [0, 0.05) is 62.0 Å². The van der Waals surface area contributed by atoms with Crippen molar-refractivity contribution in [2.75, 3.05) is 26.2 Å². The molecule has 0 saturated carbocycles. The van der Waals surface area contributed by atoms with E-state index >= 15 is 0 Å². The van der Waals surface area contributed by atoms with Gasteiger partial charge in [-0.25, -0.2) is 23.7 Å². The van der Waals surface area contributed by atoms with E-state index in [0.29, 0.717) is 39.1 Å². The molecule has 0 aromatic carbocycles. The summed E-state index contributed by atoms with van der Waals surface area (Å²) in [5.41, 5.74) is 2.10. The Kier molecular flexibility index (Phi) is 7.65. The third-order valence-corrected chi connectivity index (χ3v) is 6.82. The van der Waals surface area contributed by atoms with Crippen molar-refractivity contribution in [2.45, 2.75) is 38.3 Å². The molecule has 1 amide bonds. The van der Waals surface area contributed by atoms with Crippen LogP contribution in [0.4, 0.5) is 8.78 Å². The largest absolute Gasteiger partial charge is 0.346 e. The van der Waals surface area contributed by atoms with Gasteiger partial charge in [0.25, 0.3) is 12.3 Å². The van der Waals surface area contributed by atoms with Crippen LogP contribution in [0.1, 0.15) is 41.9 Å². The van der Waals surface area contributed by atoms with E-state index in [9.17, 15) is 13.6 Å². The second-order valence-corrected chi connectivity index (χ2v) is 9.19. The number of hydrogen-bond donors (Lipinski definition) is 1. The molecule has 1 aliphatic rings. The Morgan fingerprint density at radius 2 is 2.00 bits per heavy atom. The van der Waals surface area contributed by atoms with Gasteiger partial charge in [-0.2, -0.15) is 10.4 Å². The van der Waals surface area contributed by atoms with Crippen LogP contribution >= 0.6 is 0 Å². The lowest BCUT2D eigenvalue weighted by molar-refractivity contribution is 0.0525. The number of carbonyl (C=O) groups excluding carboxylic acids is 1. The van der Waals surface area contributed by atoms with E-state index in [1.165, 1.54) is 24.5 Å². The van der Waals surface area contributed by atoms with Crippen molar-refractivity contribution in [3.63, 3.8) is 0 Å². The molecule has 0 spiro atoms. The molecule has 0 radical (unpaired) electrons. The molecule has 12 heteroatoms. The van der Waals surface area contributed by atoms with Gasteiger partial charge in [-0.1, -0.05) is 6.07 Å². The van der Waals surface area contributed by atoms with Crippen LogP contribution in [0.15, 0.2) is 49.2 Å². The van der Waals surface area contributed by atoms with E-state index in [-0.39, 0.29) is 17.6 Å². The maximum Gasteiger partial charge on any atom is 0.280 e. The zero-order chi connectivity index (χ0) is 26.5. The highest BCUT2D eigenvalue weighted by Crippen LogP contribution is 2.25. The molecule has 1 saturated heterocycles. The van der Waals surface area contributed by atoms with Gasteiger partial charge in [0.15, 0.2) is 0 Å². The van der Waals surface area contributed by atoms with Crippen molar-refractivity contribution in [3.05, 3.63) is 60.6 Å². The standard InChI is InChI=1S/C26H27F2N9O/c27-24(28)21-5-3-6-22(34-21)26(38)36-12-10-35(11-13-36)19(4-1-2-8-29)16-37-15-18(14-33-37)23-20-7-9-30-25(20)32-17-31-23/h3,5-7,9,14-15,17,19,24H,1-2,4,10-13,16H2,(H,30,31,32)/t19-/m1/s1. The minimum absolute atomic E-state index is 0.0344. The molecule has 4 aromatic heterocycles. The number of unbranched alkanes of at least 4 members (excludes halogenated alkanes) is 1. The summed E-state index contributed by atoms with van der Waals surface area (Å²) in [6.07, 6.45) is 6.42. The molecule has 0 aliphatic carbocycles. The minimum atomic E-state index is -2.72. The highest BCUT2D eigenvalue weighted by Gasteiger charge is 2.28. The number of alkyl halides is 2. The van der Waals surface area contributed by atoms with Gasteiger partial charge in [0.1, 0.15) is 23.4 Å². The SMILES string of the molecule is N#CCCC[C@H](Cn1cc(-c2ncnc3[nH]ccc23)cn1)N1CCN(C(=O)c2cccc(C(F)F)n2)CC1. The summed E-state index contributed by atoms with van der Waals surface area (Å²) < 4.78 is 27.9. The number of nitrogens with zero attached hydrogens (tertiary/aromatic N) is 8. The summed E-state index contributed by atoms with van der Waals surface area (Å²) in [5, 5.41) is 14.5. The molecule has 0 bridgehead atoms. The van der Waals surface area contributed by atoms with Crippen LogP contribution in [0, 0.1) is 11.3 Å². The Hall–Kier alpha value is -4.24. The number of H-pyrrole nitrogens is 1. The van der Waals surface area contributed by atoms with Crippen LogP contribution in [0.5, 0.6) is 0 Å². The van der Waals surface area contributed by atoms with Crippen molar-refractivity contribution < 1.29 is 13.6 Å². The van der Waals surface area contributed by atoms with E-state index < -0.39 is 12.1 Å². The van der Waals surface area contributed by atoms with Gasteiger partial charge in [-0.15, -0.1) is 0 Å². The molecule has 1 aliphatic heterocycles. The molecule has 10 nitrogen and oxygen atoms in total. The monoisotopic (exact) mass is 519 g/mol. The number of pyridine rings is 1. The number of hydrogen-bond acceptors (Lipinski definition) is 7.